The predicted octanol–water partition coefficient (Wildman–Crippen LogP) is 3.03. The van der Waals surface area contributed by atoms with Gasteiger partial charge in [0.1, 0.15) is 17.3 Å². The lowest BCUT2D eigenvalue weighted by Crippen LogP contribution is -2.18. The van der Waals surface area contributed by atoms with Crippen LogP contribution in [0, 0.1) is 6.92 Å². The van der Waals surface area contributed by atoms with E-state index in [0.717, 1.165) is 0 Å². The van der Waals surface area contributed by atoms with Crippen molar-refractivity contribution in [3.8, 4) is 23.0 Å². The van der Waals surface area contributed by atoms with Gasteiger partial charge in [-0.05, 0) is 48.4 Å². The maximum absolute atomic E-state index is 12.4. The zero-order valence-corrected chi connectivity index (χ0v) is 15.2. The Hall–Kier alpha value is -3.94. The van der Waals surface area contributed by atoms with Crippen LogP contribution in [0.25, 0.3) is 17.5 Å². The third-order valence-corrected chi connectivity index (χ3v) is 4.25. The van der Waals surface area contributed by atoms with Crippen LogP contribution in [0.3, 0.4) is 0 Å². The summed E-state index contributed by atoms with van der Waals surface area (Å²) in [6.45, 7) is 1.79. The zero-order chi connectivity index (χ0) is 19.7. The van der Waals surface area contributed by atoms with E-state index in [-0.39, 0.29) is 11.7 Å². The number of nitrogens with zero attached hydrogens (tertiary/aromatic N) is 4. The number of hydrogen-bond acceptors (Lipinski definition) is 7. The van der Waals surface area contributed by atoms with Gasteiger partial charge in [0.15, 0.2) is 0 Å². The normalized spacial score (nSPS) is 12.3. The number of nitrogens with one attached hydrogen (secondary N) is 1. The van der Waals surface area contributed by atoms with E-state index >= 15 is 0 Å². The number of carbonyl (C=O) groups excluding carboxylic acids is 1. The lowest BCUT2D eigenvalue weighted by molar-refractivity contribution is 0.0965. The highest BCUT2D eigenvalue weighted by molar-refractivity contribution is 6.05. The Kier molecular flexibility index (Phi) is 4.36. The van der Waals surface area contributed by atoms with Crippen molar-refractivity contribution >= 4 is 23.5 Å². The molecule has 3 aromatic rings. The molecule has 0 fully saturated rings. The monoisotopic (exact) mass is 374 g/mol. The molecule has 8 heteroatoms. The Morgan fingerprint density at radius 3 is 2.75 bits per heavy atom. The Morgan fingerprint density at radius 1 is 1.11 bits per heavy atom. The van der Waals surface area contributed by atoms with Crippen LogP contribution in [0.2, 0.25) is 0 Å². The molecule has 1 aliphatic rings. The number of anilines is 2. The summed E-state index contributed by atoms with van der Waals surface area (Å²) in [5, 5.41) is 16.7. The van der Waals surface area contributed by atoms with E-state index in [1.54, 1.807) is 43.5 Å². The van der Waals surface area contributed by atoms with Crippen molar-refractivity contribution in [3.63, 3.8) is 0 Å². The molecule has 1 aliphatic heterocycles. The highest BCUT2D eigenvalue weighted by Gasteiger charge is 2.23. The van der Waals surface area contributed by atoms with Gasteiger partial charge in [0.25, 0.3) is 5.91 Å². The van der Waals surface area contributed by atoms with Gasteiger partial charge in [-0.3, -0.25) is 9.78 Å². The molecule has 0 saturated heterocycles. The summed E-state index contributed by atoms with van der Waals surface area (Å²) in [7, 11) is 1.51. The van der Waals surface area contributed by atoms with Crippen LogP contribution >= 0.6 is 0 Å². The number of amides is 1. The molecule has 2 aromatic heterocycles. The second kappa shape index (κ2) is 6.99. The Balaban J connectivity index is 1.84. The standard InChI is InChI=1S/C20H16N5O3/c1-11-7-13(3-4-16(11)26)23-19-18-12(5-6-22-20(18)27)8-14(25-19)15-9-21-10-17(24-15)28-2/h3-10,26H,1-2H3,(H,23,25). The molecule has 0 atom stereocenters. The number of phenolic OH excluding ortho intramolecular Hbond substituents is 1. The molecule has 4 rings (SSSR count). The van der Waals surface area contributed by atoms with Crippen molar-refractivity contribution in [3.05, 3.63) is 59.5 Å². The average Bonchev–Trinajstić information content (AvgIpc) is 2.70. The van der Waals surface area contributed by atoms with Gasteiger partial charge >= 0.3 is 0 Å². The average molecular weight is 374 g/mol. The van der Waals surface area contributed by atoms with E-state index in [4.69, 9.17) is 4.74 Å². The van der Waals surface area contributed by atoms with Crippen LogP contribution in [0.15, 0.2) is 42.9 Å². The third kappa shape index (κ3) is 3.23. The van der Waals surface area contributed by atoms with Crippen molar-refractivity contribution in [1.29, 1.82) is 0 Å². The van der Waals surface area contributed by atoms with Crippen LogP contribution in [0.4, 0.5) is 11.5 Å². The van der Waals surface area contributed by atoms with E-state index in [0.29, 0.717) is 45.5 Å². The SMILES string of the molecule is COc1cncc(-c2cc3c(c(Nc4ccc(O)c(C)c4)n2)C(=O)[N]C=C3)n1. The molecule has 0 spiro atoms. The number of pyridine rings is 1. The summed E-state index contributed by atoms with van der Waals surface area (Å²) in [6.07, 6.45) is 6.27. The first-order valence-corrected chi connectivity index (χ1v) is 8.45. The number of aryl methyl sites for hydroxylation is 1. The molecular formula is C20H16N5O3. The first kappa shape index (κ1) is 17.5. The number of fused-ring (bicyclic) bond motifs is 1. The fraction of sp³-hybridized carbons (Fsp3) is 0.100. The lowest BCUT2D eigenvalue weighted by atomic mass is 10.0. The molecular weight excluding hydrogens is 358 g/mol. The largest absolute Gasteiger partial charge is 0.508 e. The number of aromatic hydroxyl groups is 1. The molecule has 139 valence electrons. The van der Waals surface area contributed by atoms with Crippen LogP contribution in [0.1, 0.15) is 21.5 Å². The Labute approximate surface area is 161 Å². The minimum atomic E-state index is -0.383. The lowest BCUT2D eigenvalue weighted by Gasteiger charge is -2.17. The quantitative estimate of drug-likeness (QED) is 0.675. The molecule has 1 radical (unpaired) electrons. The maximum Gasteiger partial charge on any atom is 0.281 e. The smallest absolute Gasteiger partial charge is 0.281 e. The highest BCUT2D eigenvalue weighted by Crippen LogP contribution is 2.31. The topological polar surface area (TPSA) is 111 Å². The molecule has 0 bridgehead atoms. The van der Waals surface area contributed by atoms with Gasteiger partial charge in [0.05, 0.1) is 30.8 Å². The predicted molar refractivity (Wildman–Crippen MR) is 103 cm³/mol. The number of hydrogen-bond donors (Lipinski definition) is 2. The summed E-state index contributed by atoms with van der Waals surface area (Å²) < 4.78 is 5.13. The van der Waals surface area contributed by atoms with Crippen LogP contribution in [-0.2, 0) is 0 Å². The van der Waals surface area contributed by atoms with Crippen molar-refractivity contribution in [1.82, 2.24) is 20.3 Å². The number of rotatable bonds is 4. The first-order valence-electron chi connectivity index (χ1n) is 8.45. The van der Waals surface area contributed by atoms with E-state index in [9.17, 15) is 9.90 Å². The number of ether oxygens (including phenoxy) is 1. The Bertz CT molecular complexity index is 1110. The summed E-state index contributed by atoms with van der Waals surface area (Å²) in [5.74, 6) is 0.517. The van der Waals surface area contributed by atoms with E-state index in [1.807, 2.05) is 0 Å². The fourth-order valence-electron chi connectivity index (χ4n) is 2.83. The second-order valence-electron chi connectivity index (χ2n) is 6.14. The number of carbonyl (C=O) groups is 1. The van der Waals surface area contributed by atoms with Crippen molar-refractivity contribution in [2.75, 3.05) is 12.4 Å². The van der Waals surface area contributed by atoms with Gasteiger partial charge in [-0.25, -0.2) is 15.3 Å². The molecule has 8 nitrogen and oxygen atoms in total. The molecule has 0 unspecified atom stereocenters. The third-order valence-electron chi connectivity index (χ3n) is 4.25. The second-order valence-corrected chi connectivity index (χ2v) is 6.14. The fourth-order valence-corrected chi connectivity index (χ4v) is 2.83. The van der Waals surface area contributed by atoms with Crippen molar-refractivity contribution in [2.24, 2.45) is 0 Å². The summed E-state index contributed by atoms with van der Waals surface area (Å²) >= 11 is 0. The van der Waals surface area contributed by atoms with Crippen LogP contribution < -0.4 is 15.4 Å². The van der Waals surface area contributed by atoms with Gasteiger partial charge in [-0.1, -0.05) is 0 Å². The van der Waals surface area contributed by atoms with Gasteiger partial charge in [-0.2, -0.15) is 0 Å². The molecule has 1 amide bonds. The first-order chi connectivity index (χ1) is 13.5. The van der Waals surface area contributed by atoms with Crippen LogP contribution in [0.5, 0.6) is 11.6 Å². The maximum atomic E-state index is 12.4. The molecule has 0 aliphatic carbocycles. The van der Waals surface area contributed by atoms with Crippen LogP contribution in [-0.4, -0.2) is 33.1 Å². The summed E-state index contributed by atoms with van der Waals surface area (Å²) in [6, 6.07) is 6.80. The van der Waals surface area contributed by atoms with Gasteiger partial charge in [-0.15, -0.1) is 0 Å². The molecule has 28 heavy (non-hydrogen) atoms. The molecule has 3 heterocycles. The zero-order valence-electron chi connectivity index (χ0n) is 15.2. The van der Waals surface area contributed by atoms with Gasteiger partial charge in [0, 0.05) is 11.9 Å². The summed E-state index contributed by atoms with van der Waals surface area (Å²) in [4.78, 5) is 25.4. The van der Waals surface area contributed by atoms with Crippen molar-refractivity contribution < 1.29 is 14.6 Å². The minimum absolute atomic E-state index is 0.190. The molecule has 0 saturated carbocycles. The highest BCUT2D eigenvalue weighted by atomic mass is 16.5. The number of methoxy groups -OCH3 is 1. The molecule has 1 aromatic carbocycles. The van der Waals surface area contributed by atoms with Crippen molar-refractivity contribution in [2.45, 2.75) is 6.92 Å². The minimum Gasteiger partial charge on any atom is -0.508 e. The number of phenols is 1. The Morgan fingerprint density at radius 2 is 1.96 bits per heavy atom. The summed E-state index contributed by atoms with van der Waals surface area (Å²) in [5.41, 5.74) is 3.46. The van der Waals surface area contributed by atoms with Gasteiger partial charge < -0.3 is 15.2 Å². The van der Waals surface area contributed by atoms with E-state index in [2.05, 4.69) is 25.6 Å². The van der Waals surface area contributed by atoms with Gasteiger partial charge in [0.2, 0.25) is 5.88 Å². The van der Waals surface area contributed by atoms with E-state index in [1.165, 1.54) is 19.5 Å². The number of benzene rings is 1. The number of aromatic nitrogens is 3. The molecule has 2 N–H and O–H groups in total. The van der Waals surface area contributed by atoms with E-state index < -0.39 is 0 Å².